The molecule has 1 aromatic carbocycles. The number of anilines is 1. The van der Waals surface area contributed by atoms with Crippen molar-refractivity contribution in [3.05, 3.63) is 24.3 Å². The Labute approximate surface area is 116 Å². The van der Waals surface area contributed by atoms with Crippen LogP contribution in [0.4, 0.5) is 5.00 Å². The first-order chi connectivity index (χ1) is 9.24. The molecule has 1 fully saturated rings. The van der Waals surface area contributed by atoms with Crippen molar-refractivity contribution in [1.82, 2.24) is 9.69 Å². The van der Waals surface area contributed by atoms with Crippen LogP contribution in [0.5, 0.6) is 0 Å². The van der Waals surface area contributed by atoms with Gasteiger partial charge < -0.3 is 10.2 Å². The fraction of sp³-hybridized carbons (Fsp3) is 0.429. The molecular formula is C14H17N3OS. The molecule has 2 heterocycles. The summed E-state index contributed by atoms with van der Waals surface area (Å²) in [6.45, 7) is 3.55. The van der Waals surface area contributed by atoms with Crippen molar-refractivity contribution in [2.45, 2.75) is 25.8 Å². The molecule has 1 amide bonds. The summed E-state index contributed by atoms with van der Waals surface area (Å²) in [4.78, 5) is 13.5. The SMILES string of the molecule is CC(=O)NC1CCN(c2snc3ccccc23)CC1. The summed E-state index contributed by atoms with van der Waals surface area (Å²) in [5.74, 6) is 0.0710. The maximum absolute atomic E-state index is 11.1. The highest BCUT2D eigenvalue weighted by atomic mass is 32.1. The van der Waals surface area contributed by atoms with Gasteiger partial charge in [0.1, 0.15) is 5.00 Å². The molecule has 3 rings (SSSR count). The fourth-order valence-electron chi connectivity index (χ4n) is 2.62. The second-order valence-corrected chi connectivity index (χ2v) is 5.72. The average molecular weight is 275 g/mol. The van der Waals surface area contributed by atoms with Gasteiger partial charge in [0.15, 0.2) is 0 Å². The van der Waals surface area contributed by atoms with Gasteiger partial charge in [-0.1, -0.05) is 12.1 Å². The van der Waals surface area contributed by atoms with Crippen LogP contribution in [0.15, 0.2) is 24.3 Å². The van der Waals surface area contributed by atoms with Crippen LogP contribution in [0.2, 0.25) is 0 Å². The lowest BCUT2D eigenvalue weighted by molar-refractivity contribution is -0.119. The topological polar surface area (TPSA) is 45.2 Å². The molecule has 1 aromatic heterocycles. The van der Waals surface area contributed by atoms with Crippen LogP contribution >= 0.6 is 11.5 Å². The molecule has 0 aliphatic carbocycles. The highest BCUT2D eigenvalue weighted by Gasteiger charge is 2.22. The lowest BCUT2D eigenvalue weighted by atomic mass is 10.0. The van der Waals surface area contributed by atoms with E-state index in [1.165, 1.54) is 10.4 Å². The highest BCUT2D eigenvalue weighted by Crippen LogP contribution is 2.32. The third kappa shape index (κ3) is 2.56. The standard InChI is InChI=1S/C14H17N3OS/c1-10(18)15-11-6-8-17(9-7-11)14-12-4-2-3-5-13(12)16-19-14/h2-5,11H,6-9H2,1H3,(H,15,18). The summed E-state index contributed by atoms with van der Waals surface area (Å²) in [7, 11) is 0. The van der Waals surface area contributed by atoms with Gasteiger partial charge in [-0.3, -0.25) is 4.79 Å². The van der Waals surface area contributed by atoms with Crippen LogP contribution in [0.1, 0.15) is 19.8 Å². The first-order valence-corrected chi connectivity index (χ1v) is 7.38. The van der Waals surface area contributed by atoms with E-state index in [0.29, 0.717) is 6.04 Å². The van der Waals surface area contributed by atoms with Crippen molar-refractivity contribution in [2.24, 2.45) is 0 Å². The lowest BCUT2D eigenvalue weighted by Crippen LogP contribution is -2.43. The van der Waals surface area contributed by atoms with Gasteiger partial charge in [0, 0.05) is 31.4 Å². The summed E-state index contributed by atoms with van der Waals surface area (Å²) < 4.78 is 4.49. The Kier molecular flexibility index (Phi) is 3.38. The van der Waals surface area contributed by atoms with E-state index in [2.05, 4.69) is 32.8 Å². The zero-order chi connectivity index (χ0) is 13.2. The molecule has 100 valence electrons. The monoisotopic (exact) mass is 275 g/mol. The molecule has 0 radical (unpaired) electrons. The molecule has 0 saturated carbocycles. The normalized spacial score (nSPS) is 16.8. The third-order valence-corrected chi connectivity index (χ3v) is 4.49. The number of fused-ring (bicyclic) bond motifs is 1. The van der Waals surface area contributed by atoms with Crippen LogP contribution in [0, 0.1) is 0 Å². The number of carbonyl (C=O) groups excluding carboxylic acids is 1. The molecule has 0 unspecified atom stereocenters. The molecule has 19 heavy (non-hydrogen) atoms. The van der Waals surface area contributed by atoms with E-state index in [1.54, 1.807) is 18.5 Å². The smallest absolute Gasteiger partial charge is 0.217 e. The first kappa shape index (κ1) is 12.4. The Morgan fingerprint density at radius 3 is 2.84 bits per heavy atom. The van der Waals surface area contributed by atoms with Gasteiger partial charge in [0.2, 0.25) is 5.91 Å². The van der Waals surface area contributed by atoms with Crippen molar-refractivity contribution >= 4 is 33.3 Å². The number of nitrogens with one attached hydrogen (secondary N) is 1. The van der Waals surface area contributed by atoms with E-state index in [4.69, 9.17) is 0 Å². The number of benzene rings is 1. The minimum absolute atomic E-state index is 0.0710. The van der Waals surface area contributed by atoms with E-state index in [-0.39, 0.29) is 5.91 Å². The van der Waals surface area contributed by atoms with Crippen LogP contribution < -0.4 is 10.2 Å². The quantitative estimate of drug-likeness (QED) is 0.915. The maximum atomic E-state index is 11.1. The summed E-state index contributed by atoms with van der Waals surface area (Å²) in [6, 6.07) is 8.60. The van der Waals surface area contributed by atoms with Crippen molar-refractivity contribution in [2.75, 3.05) is 18.0 Å². The van der Waals surface area contributed by atoms with Gasteiger partial charge >= 0.3 is 0 Å². The van der Waals surface area contributed by atoms with Crippen molar-refractivity contribution < 1.29 is 4.79 Å². The second kappa shape index (κ2) is 5.17. The Morgan fingerprint density at radius 1 is 1.37 bits per heavy atom. The molecule has 4 nitrogen and oxygen atoms in total. The Balaban J connectivity index is 1.73. The van der Waals surface area contributed by atoms with E-state index < -0.39 is 0 Å². The zero-order valence-corrected chi connectivity index (χ0v) is 11.7. The fourth-order valence-corrected chi connectivity index (χ4v) is 3.53. The Morgan fingerprint density at radius 2 is 2.11 bits per heavy atom. The van der Waals surface area contributed by atoms with Crippen LogP contribution in [-0.2, 0) is 4.79 Å². The molecule has 5 heteroatoms. The largest absolute Gasteiger partial charge is 0.362 e. The van der Waals surface area contributed by atoms with Crippen molar-refractivity contribution in [1.29, 1.82) is 0 Å². The summed E-state index contributed by atoms with van der Waals surface area (Å²) in [5, 5.41) is 5.51. The molecule has 2 aromatic rings. The van der Waals surface area contributed by atoms with Crippen molar-refractivity contribution in [3.8, 4) is 0 Å². The predicted molar refractivity (Wildman–Crippen MR) is 78.7 cm³/mol. The van der Waals surface area contributed by atoms with Crippen LogP contribution in [0.3, 0.4) is 0 Å². The number of rotatable bonds is 2. The number of piperidine rings is 1. The molecule has 0 spiro atoms. The number of hydrogen-bond acceptors (Lipinski definition) is 4. The Hall–Kier alpha value is -1.62. The number of aromatic nitrogens is 1. The minimum Gasteiger partial charge on any atom is -0.362 e. The van der Waals surface area contributed by atoms with E-state index in [0.717, 1.165) is 31.4 Å². The van der Waals surface area contributed by atoms with E-state index >= 15 is 0 Å². The van der Waals surface area contributed by atoms with Crippen molar-refractivity contribution in [3.63, 3.8) is 0 Å². The van der Waals surface area contributed by atoms with Gasteiger partial charge in [-0.15, -0.1) is 0 Å². The van der Waals surface area contributed by atoms with Gasteiger partial charge in [0.25, 0.3) is 0 Å². The number of amides is 1. The van der Waals surface area contributed by atoms with Gasteiger partial charge in [0.05, 0.1) is 5.52 Å². The van der Waals surface area contributed by atoms with E-state index in [1.807, 2.05) is 6.07 Å². The van der Waals surface area contributed by atoms with Gasteiger partial charge in [-0.05, 0) is 36.5 Å². The highest BCUT2D eigenvalue weighted by molar-refractivity contribution is 7.11. The van der Waals surface area contributed by atoms with E-state index in [9.17, 15) is 4.79 Å². The Bertz CT molecular complexity index is 587. The lowest BCUT2D eigenvalue weighted by Gasteiger charge is -2.32. The van der Waals surface area contributed by atoms with Crippen LogP contribution in [-0.4, -0.2) is 29.4 Å². The molecule has 1 aliphatic heterocycles. The van der Waals surface area contributed by atoms with Crippen LogP contribution in [0.25, 0.3) is 10.9 Å². The summed E-state index contributed by atoms with van der Waals surface area (Å²) in [5.41, 5.74) is 1.08. The first-order valence-electron chi connectivity index (χ1n) is 6.60. The molecule has 1 saturated heterocycles. The van der Waals surface area contributed by atoms with Gasteiger partial charge in [-0.2, -0.15) is 4.37 Å². The molecule has 1 aliphatic rings. The predicted octanol–water partition coefficient (Wildman–Crippen LogP) is 2.40. The number of carbonyl (C=O) groups is 1. The molecule has 0 bridgehead atoms. The molecule has 0 atom stereocenters. The number of nitrogens with zero attached hydrogens (tertiary/aromatic N) is 2. The summed E-state index contributed by atoms with van der Waals surface area (Å²) >= 11 is 1.57. The molecule has 1 N–H and O–H groups in total. The summed E-state index contributed by atoms with van der Waals surface area (Å²) in [6.07, 6.45) is 2.01. The average Bonchev–Trinajstić information content (AvgIpc) is 2.83. The third-order valence-electron chi connectivity index (χ3n) is 3.55. The van der Waals surface area contributed by atoms with Gasteiger partial charge in [-0.25, -0.2) is 0 Å². The maximum Gasteiger partial charge on any atom is 0.217 e. The second-order valence-electron chi connectivity index (χ2n) is 4.97. The molecular weight excluding hydrogens is 258 g/mol. The minimum atomic E-state index is 0.0710. The zero-order valence-electron chi connectivity index (χ0n) is 10.9. The number of hydrogen-bond donors (Lipinski definition) is 1.